The maximum Gasteiger partial charge on any atom is 1.00 e. The van der Waals surface area contributed by atoms with Gasteiger partial charge in [0.05, 0.1) is 11.5 Å². The summed E-state index contributed by atoms with van der Waals surface area (Å²) in [5.74, 6) is 0. The molecule has 2 rings (SSSR count). The van der Waals surface area contributed by atoms with E-state index in [4.69, 9.17) is 4.18 Å². The SMILES string of the molecule is CCCCCCCCCCCCOS(=O)(=O)c1c(S(=O)(=O)[O-])ccc2ccccc12.[Na+]. The van der Waals surface area contributed by atoms with Gasteiger partial charge in [0, 0.05) is 5.39 Å². The Morgan fingerprint density at radius 1 is 0.774 bits per heavy atom. The van der Waals surface area contributed by atoms with Gasteiger partial charge in [-0.1, -0.05) is 95.0 Å². The molecule has 31 heavy (non-hydrogen) atoms. The minimum atomic E-state index is -4.97. The van der Waals surface area contributed by atoms with E-state index in [2.05, 4.69) is 6.92 Å². The van der Waals surface area contributed by atoms with E-state index in [0.717, 1.165) is 25.3 Å². The van der Waals surface area contributed by atoms with Gasteiger partial charge in [0.25, 0.3) is 10.1 Å². The molecular formula is C22H31NaO6S2. The zero-order chi connectivity index (χ0) is 22.0. The summed E-state index contributed by atoms with van der Waals surface area (Å²) in [7, 11) is -9.36. The molecule has 0 N–H and O–H groups in total. The van der Waals surface area contributed by atoms with Gasteiger partial charge in [-0.05, 0) is 17.9 Å². The van der Waals surface area contributed by atoms with Crippen LogP contribution < -0.4 is 29.6 Å². The number of benzene rings is 2. The fraction of sp³-hybridized carbons (Fsp3) is 0.545. The van der Waals surface area contributed by atoms with Crippen molar-refractivity contribution < 1.29 is 55.1 Å². The Hall–Kier alpha value is -0.480. The molecule has 0 heterocycles. The van der Waals surface area contributed by atoms with E-state index < -0.39 is 30.0 Å². The van der Waals surface area contributed by atoms with Gasteiger partial charge in [-0.3, -0.25) is 4.18 Å². The molecule has 0 spiro atoms. The Labute approximate surface area is 208 Å². The van der Waals surface area contributed by atoms with Crippen molar-refractivity contribution in [1.29, 1.82) is 0 Å². The maximum atomic E-state index is 12.7. The first-order valence-electron chi connectivity index (χ1n) is 10.6. The quantitative estimate of drug-likeness (QED) is 0.179. The molecule has 168 valence electrons. The summed E-state index contributed by atoms with van der Waals surface area (Å²) in [4.78, 5) is -1.34. The molecule has 2 aromatic carbocycles. The van der Waals surface area contributed by atoms with E-state index in [0.29, 0.717) is 11.8 Å². The van der Waals surface area contributed by atoms with E-state index in [9.17, 15) is 21.4 Å². The molecule has 0 atom stereocenters. The van der Waals surface area contributed by atoms with Crippen LogP contribution in [-0.4, -0.2) is 28.0 Å². The van der Waals surface area contributed by atoms with E-state index in [1.54, 1.807) is 18.2 Å². The molecule has 0 bridgehead atoms. The summed E-state index contributed by atoms with van der Waals surface area (Å²) in [6.45, 7) is 2.16. The molecule has 0 radical (unpaired) electrons. The first-order valence-corrected chi connectivity index (χ1v) is 13.5. The minimum Gasteiger partial charge on any atom is -0.744 e. The molecule has 9 heteroatoms. The molecule has 0 amide bonds. The smallest absolute Gasteiger partial charge is 0.744 e. The van der Waals surface area contributed by atoms with Gasteiger partial charge >= 0.3 is 29.6 Å². The topological polar surface area (TPSA) is 101 Å². The van der Waals surface area contributed by atoms with Crippen LogP contribution >= 0.6 is 0 Å². The van der Waals surface area contributed by atoms with Crippen LogP contribution in [0.5, 0.6) is 0 Å². The van der Waals surface area contributed by atoms with Gasteiger partial charge in [-0.15, -0.1) is 0 Å². The average Bonchev–Trinajstić information content (AvgIpc) is 2.70. The Kier molecular flexibility index (Phi) is 12.8. The second-order valence-corrected chi connectivity index (χ2v) is 10.4. The normalized spacial score (nSPS) is 12.1. The fourth-order valence-corrected chi connectivity index (χ4v) is 5.90. The second kappa shape index (κ2) is 13.9. The van der Waals surface area contributed by atoms with Gasteiger partial charge in [0.1, 0.15) is 15.0 Å². The monoisotopic (exact) mass is 478 g/mol. The molecule has 0 aromatic heterocycles. The molecule has 0 saturated carbocycles. The Balaban J connectivity index is 0.00000480. The molecule has 2 aromatic rings. The van der Waals surface area contributed by atoms with Crippen molar-refractivity contribution in [3.05, 3.63) is 36.4 Å². The van der Waals surface area contributed by atoms with Crippen molar-refractivity contribution in [2.24, 2.45) is 0 Å². The third-order valence-corrected chi connectivity index (χ3v) is 7.52. The molecule has 0 fully saturated rings. The summed E-state index contributed by atoms with van der Waals surface area (Å²) < 4.78 is 65.5. The van der Waals surface area contributed by atoms with Crippen molar-refractivity contribution >= 4 is 31.0 Å². The van der Waals surface area contributed by atoms with Crippen LogP contribution in [0.2, 0.25) is 0 Å². The third kappa shape index (κ3) is 9.12. The zero-order valence-electron chi connectivity index (χ0n) is 18.5. The van der Waals surface area contributed by atoms with E-state index in [1.807, 2.05) is 0 Å². The number of fused-ring (bicyclic) bond motifs is 1. The summed E-state index contributed by atoms with van der Waals surface area (Å²) in [5, 5.41) is 0.684. The van der Waals surface area contributed by atoms with Crippen molar-refractivity contribution in [2.45, 2.75) is 80.9 Å². The molecule has 6 nitrogen and oxygen atoms in total. The van der Waals surface area contributed by atoms with Crippen LogP contribution in [-0.2, 0) is 24.4 Å². The Morgan fingerprint density at radius 2 is 1.32 bits per heavy atom. The van der Waals surface area contributed by atoms with Crippen LogP contribution in [0.15, 0.2) is 46.2 Å². The summed E-state index contributed by atoms with van der Waals surface area (Å²) in [6.07, 6.45) is 11.0. The molecule has 0 saturated heterocycles. The van der Waals surface area contributed by atoms with Crippen molar-refractivity contribution in [3.8, 4) is 0 Å². The largest absolute Gasteiger partial charge is 1.00 e. The first kappa shape index (κ1) is 28.6. The zero-order valence-corrected chi connectivity index (χ0v) is 22.1. The number of rotatable bonds is 14. The van der Waals surface area contributed by atoms with Gasteiger partial charge in [0.15, 0.2) is 0 Å². The molecule has 0 unspecified atom stereocenters. The number of hydrogen-bond donors (Lipinski definition) is 0. The van der Waals surface area contributed by atoms with E-state index >= 15 is 0 Å². The molecular weight excluding hydrogens is 447 g/mol. The molecule has 0 aliphatic carbocycles. The van der Waals surface area contributed by atoms with Crippen molar-refractivity contribution in [3.63, 3.8) is 0 Å². The second-order valence-electron chi connectivity index (χ2n) is 7.53. The van der Waals surface area contributed by atoms with Gasteiger partial charge < -0.3 is 4.55 Å². The predicted octanol–water partition coefficient (Wildman–Crippen LogP) is 2.37. The van der Waals surface area contributed by atoms with Crippen LogP contribution in [0.3, 0.4) is 0 Å². The summed E-state index contributed by atoms with van der Waals surface area (Å²) in [5.41, 5.74) is 0. The fourth-order valence-electron chi connectivity index (χ4n) is 3.49. The van der Waals surface area contributed by atoms with Crippen LogP contribution in [0.25, 0.3) is 10.8 Å². The molecule has 0 aliphatic rings. The Bertz CT molecular complexity index is 1020. The van der Waals surface area contributed by atoms with E-state index in [-0.39, 0.29) is 41.6 Å². The first-order chi connectivity index (χ1) is 14.3. The third-order valence-electron chi connectivity index (χ3n) is 5.10. The standard InChI is InChI=1S/C22H32O6S2.Na/c1-2-3-4-5-6-7-8-9-10-13-18-28-30(26,27)22-20-15-12-11-14-19(20)16-17-21(22)29(23,24)25;/h11-12,14-17H,2-10,13,18H2,1H3,(H,23,24,25);/q;+1/p-1. The average molecular weight is 479 g/mol. The van der Waals surface area contributed by atoms with Crippen molar-refractivity contribution in [1.82, 2.24) is 0 Å². The van der Waals surface area contributed by atoms with Crippen LogP contribution in [0.4, 0.5) is 0 Å². The maximum absolute atomic E-state index is 12.7. The summed E-state index contributed by atoms with van der Waals surface area (Å²) >= 11 is 0. The Morgan fingerprint density at radius 3 is 1.90 bits per heavy atom. The number of hydrogen-bond acceptors (Lipinski definition) is 6. The van der Waals surface area contributed by atoms with Gasteiger partial charge in [-0.25, -0.2) is 8.42 Å². The summed E-state index contributed by atoms with van der Waals surface area (Å²) in [6, 6.07) is 8.86. The minimum absolute atomic E-state index is 0. The van der Waals surface area contributed by atoms with Gasteiger partial charge in [-0.2, -0.15) is 8.42 Å². The van der Waals surface area contributed by atoms with Gasteiger partial charge in [0.2, 0.25) is 0 Å². The van der Waals surface area contributed by atoms with Crippen LogP contribution in [0.1, 0.15) is 71.1 Å². The van der Waals surface area contributed by atoms with Crippen LogP contribution in [0, 0.1) is 0 Å². The number of unbranched alkanes of at least 4 members (excludes halogenated alkanes) is 9. The predicted molar refractivity (Wildman–Crippen MR) is 117 cm³/mol. The van der Waals surface area contributed by atoms with E-state index in [1.165, 1.54) is 50.7 Å². The molecule has 0 aliphatic heterocycles. The van der Waals surface area contributed by atoms with Crippen molar-refractivity contribution in [2.75, 3.05) is 6.61 Å².